The second kappa shape index (κ2) is 24.9. The van der Waals surface area contributed by atoms with E-state index in [1.165, 1.54) is 123 Å². The van der Waals surface area contributed by atoms with Gasteiger partial charge in [0.25, 0.3) is 0 Å². The largest absolute Gasteiger partial charge is 0.301 e. The molecule has 4 heterocycles. The molecule has 4 rings (SSSR count). The topological polar surface area (TPSA) is 13.0 Å². The fraction of sp³-hybridized carbons (Fsp3) is 1.00. The smallest absolute Gasteiger partial charge is 0.00958 e. The van der Waals surface area contributed by atoms with Crippen molar-refractivity contribution < 1.29 is 0 Å². The van der Waals surface area contributed by atoms with Gasteiger partial charge in [0.2, 0.25) is 0 Å². The fourth-order valence-corrected chi connectivity index (χ4v) is 7.89. The average molecular weight is 623 g/mol. The normalized spacial score (nSPS) is 26.0. The van der Waals surface area contributed by atoms with Crippen LogP contribution in [0.5, 0.6) is 0 Å². The molecule has 266 valence electrons. The van der Waals surface area contributed by atoms with Gasteiger partial charge in [-0.3, -0.25) is 9.80 Å². The van der Waals surface area contributed by atoms with Crippen molar-refractivity contribution in [1.29, 1.82) is 0 Å². The van der Waals surface area contributed by atoms with Crippen LogP contribution in [-0.2, 0) is 0 Å². The maximum Gasteiger partial charge on any atom is 0.00958 e. The molecule has 4 aliphatic heterocycles. The Balaban J connectivity index is 0.000000556. The lowest BCUT2D eigenvalue weighted by atomic mass is 9.94. The first-order chi connectivity index (χ1) is 20.5. The predicted octanol–water partition coefficient (Wildman–Crippen LogP) is 10.6. The zero-order chi connectivity index (χ0) is 32.4. The lowest BCUT2D eigenvalue weighted by Gasteiger charge is -2.38. The molecule has 0 aromatic carbocycles. The Kier molecular flexibility index (Phi) is 24.8. The van der Waals surface area contributed by atoms with Gasteiger partial charge in [-0.15, -0.1) is 0 Å². The van der Waals surface area contributed by atoms with Crippen molar-refractivity contribution in [3.8, 4) is 0 Å². The fourth-order valence-electron chi connectivity index (χ4n) is 7.89. The van der Waals surface area contributed by atoms with Crippen LogP contribution in [0.2, 0.25) is 0 Å². The standard InChI is InChI=1S/3C10H21N.C9H19N.CH4/c1-4-10-5-7-11(8-6-10)9(2)3;1-4-10-6-5-7-11(8-10)9(2)3;1-4-10-7-5-6-8-11(10)9(2)3;1-4-9-6-5-7-10(9)8(2)3;/h3*9-10H,4-8H2,1-3H3;8-9H,4-7H2,1-3H3;1H4. The zero-order valence-corrected chi connectivity index (χ0v) is 31.8. The second-order valence-electron chi connectivity index (χ2n) is 15.4. The number of likely N-dealkylation sites (tertiary alicyclic amines) is 4. The number of hydrogen-bond donors (Lipinski definition) is 0. The number of rotatable bonds is 8. The summed E-state index contributed by atoms with van der Waals surface area (Å²) in [4.78, 5) is 10.5. The molecule has 3 atom stereocenters. The monoisotopic (exact) mass is 623 g/mol. The third kappa shape index (κ3) is 16.6. The van der Waals surface area contributed by atoms with E-state index in [0.717, 1.165) is 48.1 Å². The van der Waals surface area contributed by atoms with E-state index < -0.39 is 0 Å². The van der Waals surface area contributed by atoms with E-state index in [4.69, 9.17) is 0 Å². The molecule has 4 fully saturated rings. The van der Waals surface area contributed by atoms with Crippen LogP contribution in [0.3, 0.4) is 0 Å². The van der Waals surface area contributed by atoms with E-state index in [-0.39, 0.29) is 7.43 Å². The quantitative estimate of drug-likeness (QED) is 0.267. The van der Waals surface area contributed by atoms with Crippen LogP contribution in [0.4, 0.5) is 0 Å². The summed E-state index contributed by atoms with van der Waals surface area (Å²) in [6.45, 7) is 35.7. The van der Waals surface area contributed by atoms with Crippen molar-refractivity contribution >= 4 is 0 Å². The van der Waals surface area contributed by atoms with Crippen molar-refractivity contribution in [3.63, 3.8) is 0 Å². The van der Waals surface area contributed by atoms with Crippen molar-refractivity contribution in [1.82, 2.24) is 19.6 Å². The molecule has 0 aromatic rings. The first-order valence-electron chi connectivity index (χ1n) is 19.5. The van der Waals surface area contributed by atoms with Gasteiger partial charge in [0.1, 0.15) is 0 Å². The van der Waals surface area contributed by atoms with Gasteiger partial charge in [0.05, 0.1) is 0 Å². The maximum atomic E-state index is 2.66. The van der Waals surface area contributed by atoms with Crippen LogP contribution >= 0.6 is 0 Å². The highest BCUT2D eigenvalue weighted by molar-refractivity contribution is 4.80. The summed E-state index contributed by atoms with van der Waals surface area (Å²) in [5, 5.41) is 0. The average Bonchev–Trinajstić information content (AvgIpc) is 3.51. The van der Waals surface area contributed by atoms with Crippen LogP contribution in [0.25, 0.3) is 0 Å². The predicted molar refractivity (Wildman–Crippen MR) is 201 cm³/mol. The van der Waals surface area contributed by atoms with Gasteiger partial charge >= 0.3 is 0 Å². The molecule has 4 saturated heterocycles. The minimum atomic E-state index is 0. The van der Waals surface area contributed by atoms with Crippen molar-refractivity contribution in [2.24, 2.45) is 11.8 Å². The lowest BCUT2D eigenvalue weighted by molar-refractivity contribution is 0.109. The first kappa shape index (κ1) is 43.8. The SMILES string of the molecule is C.CCC1CCCCN1C(C)C.CCC1CCCN(C(C)C)C1.CCC1CCCN1C(C)C.CCC1CCN(C(C)C)CC1. The van der Waals surface area contributed by atoms with Crippen LogP contribution in [-0.4, -0.2) is 95.1 Å². The van der Waals surface area contributed by atoms with Crippen LogP contribution in [0, 0.1) is 11.8 Å². The highest BCUT2D eigenvalue weighted by Gasteiger charge is 2.25. The van der Waals surface area contributed by atoms with E-state index in [0.29, 0.717) is 0 Å². The molecule has 4 aliphatic rings. The number of hydrogen-bond acceptors (Lipinski definition) is 4. The summed E-state index contributed by atoms with van der Waals surface area (Å²) in [5.41, 5.74) is 0. The van der Waals surface area contributed by atoms with E-state index in [9.17, 15) is 0 Å². The Morgan fingerprint density at radius 3 is 1.30 bits per heavy atom. The molecule has 0 amide bonds. The van der Waals surface area contributed by atoms with Gasteiger partial charge in [-0.05, 0) is 164 Å². The molecular weight excluding hydrogens is 536 g/mol. The van der Waals surface area contributed by atoms with Crippen molar-refractivity contribution in [3.05, 3.63) is 0 Å². The molecule has 0 N–H and O–H groups in total. The van der Waals surface area contributed by atoms with Crippen LogP contribution in [0.1, 0.15) is 174 Å². The molecule has 0 saturated carbocycles. The van der Waals surface area contributed by atoms with E-state index in [1.54, 1.807) is 0 Å². The highest BCUT2D eigenvalue weighted by Crippen LogP contribution is 2.23. The Morgan fingerprint density at radius 1 is 0.432 bits per heavy atom. The lowest BCUT2D eigenvalue weighted by Crippen LogP contribution is -2.43. The summed E-state index contributed by atoms with van der Waals surface area (Å²) >= 11 is 0. The summed E-state index contributed by atoms with van der Waals surface area (Å²) < 4.78 is 0. The Hall–Kier alpha value is -0.160. The van der Waals surface area contributed by atoms with Crippen molar-refractivity contribution in [2.75, 3.05) is 39.3 Å². The first-order valence-corrected chi connectivity index (χ1v) is 19.5. The van der Waals surface area contributed by atoms with Gasteiger partial charge in [0.15, 0.2) is 0 Å². The van der Waals surface area contributed by atoms with Crippen molar-refractivity contribution in [2.45, 2.75) is 210 Å². The summed E-state index contributed by atoms with van der Waals surface area (Å²) in [6, 6.07) is 4.79. The summed E-state index contributed by atoms with van der Waals surface area (Å²) in [5.74, 6) is 2.00. The molecular formula is C40H86N4. The Bertz CT molecular complexity index is 639. The van der Waals surface area contributed by atoms with E-state index >= 15 is 0 Å². The van der Waals surface area contributed by atoms with Crippen LogP contribution < -0.4 is 0 Å². The summed E-state index contributed by atoms with van der Waals surface area (Å²) in [6.07, 6.45) is 18.3. The molecule has 4 nitrogen and oxygen atoms in total. The maximum absolute atomic E-state index is 2.66. The molecule has 0 spiro atoms. The molecule has 0 bridgehead atoms. The van der Waals surface area contributed by atoms with Crippen LogP contribution in [0.15, 0.2) is 0 Å². The molecule has 3 unspecified atom stereocenters. The minimum absolute atomic E-state index is 0. The van der Waals surface area contributed by atoms with E-state index in [2.05, 4.69) is 103 Å². The van der Waals surface area contributed by atoms with Gasteiger partial charge < -0.3 is 9.80 Å². The molecule has 0 radical (unpaired) electrons. The minimum Gasteiger partial charge on any atom is -0.301 e. The Labute approximate surface area is 280 Å². The van der Waals surface area contributed by atoms with Gasteiger partial charge in [0, 0.05) is 42.8 Å². The highest BCUT2D eigenvalue weighted by atomic mass is 15.2. The zero-order valence-electron chi connectivity index (χ0n) is 31.8. The Morgan fingerprint density at radius 2 is 0.886 bits per heavy atom. The van der Waals surface area contributed by atoms with E-state index in [1.807, 2.05) is 0 Å². The molecule has 4 heteroatoms. The third-order valence-electron chi connectivity index (χ3n) is 11.2. The number of piperidine rings is 3. The number of nitrogens with zero attached hydrogens (tertiary/aromatic N) is 4. The molecule has 0 aliphatic carbocycles. The summed E-state index contributed by atoms with van der Waals surface area (Å²) in [7, 11) is 0. The van der Waals surface area contributed by atoms with Gasteiger partial charge in [-0.25, -0.2) is 0 Å². The van der Waals surface area contributed by atoms with Gasteiger partial charge in [-0.2, -0.15) is 0 Å². The molecule has 0 aromatic heterocycles. The second-order valence-corrected chi connectivity index (χ2v) is 15.4. The van der Waals surface area contributed by atoms with Gasteiger partial charge in [-0.1, -0.05) is 54.4 Å². The third-order valence-corrected chi connectivity index (χ3v) is 11.2. The molecule has 44 heavy (non-hydrogen) atoms.